The van der Waals surface area contributed by atoms with Crippen molar-refractivity contribution >= 4 is 5.91 Å². The topological polar surface area (TPSA) is 78.8 Å². The standard InChI is InChI=1S/C18H20FNO4/c1-18(2,24-14-6-4-13(19)5-7-14)17(23)20-10-9-12-3-8-15(21)16(22)11-12/h3-8,11,21-22H,9-10H2,1-2H3,(H,20,23). The molecule has 5 nitrogen and oxygen atoms in total. The third kappa shape index (κ3) is 4.62. The lowest BCUT2D eigenvalue weighted by Gasteiger charge is -2.25. The van der Waals surface area contributed by atoms with Gasteiger partial charge in [0.25, 0.3) is 5.91 Å². The molecule has 0 aliphatic carbocycles. The summed E-state index contributed by atoms with van der Waals surface area (Å²) in [5.74, 6) is -0.660. The Morgan fingerprint density at radius 3 is 2.42 bits per heavy atom. The number of phenols is 2. The Labute approximate surface area is 139 Å². The van der Waals surface area contributed by atoms with Crippen LogP contribution in [0.2, 0.25) is 0 Å². The number of carbonyl (C=O) groups excluding carboxylic acids is 1. The van der Waals surface area contributed by atoms with Crippen LogP contribution in [0.5, 0.6) is 17.2 Å². The summed E-state index contributed by atoms with van der Waals surface area (Å²) in [5.41, 5.74) is -0.336. The average Bonchev–Trinajstić information content (AvgIpc) is 2.52. The first-order chi connectivity index (χ1) is 11.3. The van der Waals surface area contributed by atoms with Crippen LogP contribution in [0.15, 0.2) is 42.5 Å². The van der Waals surface area contributed by atoms with E-state index in [1.54, 1.807) is 19.9 Å². The van der Waals surface area contributed by atoms with Crippen molar-refractivity contribution in [3.05, 3.63) is 53.8 Å². The molecule has 0 aliphatic heterocycles. The zero-order chi connectivity index (χ0) is 17.7. The van der Waals surface area contributed by atoms with Crippen LogP contribution in [0, 0.1) is 5.82 Å². The van der Waals surface area contributed by atoms with Gasteiger partial charge in [-0.25, -0.2) is 4.39 Å². The summed E-state index contributed by atoms with van der Waals surface area (Å²) in [7, 11) is 0. The summed E-state index contributed by atoms with van der Waals surface area (Å²) in [6, 6.07) is 9.96. The molecule has 1 amide bonds. The first-order valence-corrected chi connectivity index (χ1v) is 7.52. The lowest BCUT2D eigenvalue weighted by Crippen LogP contribution is -2.47. The first-order valence-electron chi connectivity index (χ1n) is 7.52. The molecule has 0 saturated carbocycles. The van der Waals surface area contributed by atoms with Crippen LogP contribution in [-0.2, 0) is 11.2 Å². The molecule has 0 aromatic heterocycles. The highest BCUT2D eigenvalue weighted by molar-refractivity contribution is 5.84. The van der Waals surface area contributed by atoms with Crippen LogP contribution >= 0.6 is 0 Å². The molecule has 0 bridgehead atoms. The lowest BCUT2D eigenvalue weighted by molar-refractivity contribution is -0.134. The SMILES string of the molecule is CC(C)(Oc1ccc(F)cc1)C(=O)NCCc1ccc(O)c(O)c1. The van der Waals surface area contributed by atoms with E-state index in [2.05, 4.69) is 5.32 Å². The summed E-state index contributed by atoms with van der Waals surface area (Å²) < 4.78 is 18.5. The first kappa shape index (κ1) is 17.6. The van der Waals surface area contributed by atoms with E-state index in [0.717, 1.165) is 5.56 Å². The fourth-order valence-corrected chi connectivity index (χ4v) is 2.10. The smallest absolute Gasteiger partial charge is 0.263 e. The Balaban J connectivity index is 1.88. The third-order valence-electron chi connectivity index (χ3n) is 3.47. The fraction of sp³-hybridized carbons (Fsp3) is 0.278. The van der Waals surface area contributed by atoms with E-state index in [1.807, 2.05) is 0 Å². The monoisotopic (exact) mass is 333 g/mol. The van der Waals surface area contributed by atoms with Crippen LogP contribution in [0.4, 0.5) is 4.39 Å². The van der Waals surface area contributed by atoms with Gasteiger partial charge in [0.1, 0.15) is 11.6 Å². The maximum atomic E-state index is 12.9. The number of ether oxygens (including phenoxy) is 1. The van der Waals surface area contributed by atoms with Crippen molar-refractivity contribution in [1.82, 2.24) is 5.32 Å². The van der Waals surface area contributed by atoms with Crippen molar-refractivity contribution in [1.29, 1.82) is 0 Å². The average molecular weight is 333 g/mol. The van der Waals surface area contributed by atoms with Gasteiger partial charge < -0.3 is 20.3 Å². The van der Waals surface area contributed by atoms with Crippen LogP contribution in [0.1, 0.15) is 19.4 Å². The van der Waals surface area contributed by atoms with Gasteiger partial charge in [0, 0.05) is 6.54 Å². The zero-order valence-electron chi connectivity index (χ0n) is 13.5. The number of rotatable bonds is 6. The van der Waals surface area contributed by atoms with E-state index in [0.29, 0.717) is 18.7 Å². The highest BCUT2D eigenvalue weighted by Gasteiger charge is 2.29. The van der Waals surface area contributed by atoms with Gasteiger partial charge in [0.2, 0.25) is 0 Å². The number of hydrogen-bond acceptors (Lipinski definition) is 4. The molecular weight excluding hydrogens is 313 g/mol. The normalized spacial score (nSPS) is 11.1. The van der Waals surface area contributed by atoms with Crippen LogP contribution in [0.3, 0.4) is 0 Å². The second-order valence-electron chi connectivity index (χ2n) is 5.90. The molecular formula is C18H20FNO4. The molecule has 6 heteroatoms. The number of aromatic hydroxyl groups is 2. The van der Waals surface area contributed by atoms with Gasteiger partial charge in [0.05, 0.1) is 0 Å². The predicted octanol–water partition coefficient (Wildman–Crippen LogP) is 2.75. The van der Waals surface area contributed by atoms with Gasteiger partial charge in [0.15, 0.2) is 17.1 Å². The Hall–Kier alpha value is -2.76. The number of phenolic OH excluding ortho intramolecular Hbond substituents is 2. The van der Waals surface area contributed by atoms with Gasteiger partial charge in [-0.15, -0.1) is 0 Å². The summed E-state index contributed by atoms with van der Waals surface area (Å²) in [6.45, 7) is 3.59. The second-order valence-corrected chi connectivity index (χ2v) is 5.90. The predicted molar refractivity (Wildman–Crippen MR) is 87.6 cm³/mol. The maximum absolute atomic E-state index is 12.9. The molecule has 0 heterocycles. The largest absolute Gasteiger partial charge is 0.504 e. The molecule has 0 atom stereocenters. The number of hydrogen-bond donors (Lipinski definition) is 3. The van der Waals surface area contributed by atoms with Crippen molar-refractivity contribution in [2.24, 2.45) is 0 Å². The van der Waals surface area contributed by atoms with E-state index in [9.17, 15) is 19.4 Å². The molecule has 0 fully saturated rings. The minimum absolute atomic E-state index is 0.184. The molecule has 3 N–H and O–H groups in total. The lowest BCUT2D eigenvalue weighted by atomic mass is 10.1. The molecule has 2 aromatic carbocycles. The zero-order valence-corrected chi connectivity index (χ0v) is 13.5. The minimum atomic E-state index is -1.12. The second kappa shape index (κ2) is 7.21. The number of benzene rings is 2. The molecule has 0 aliphatic rings. The van der Waals surface area contributed by atoms with Gasteiger partial charge in [-0.3, -0.25) is 4.79 Å². The Kier molecular flexibility index (Phi) is 5.28. The Bertz CT molecular complexity index is 713. The molecule has 128 valence electrons. The van der Waals surface area contributed by atoms with E-state index in [4.69, 9.17) is 4.74 Å². The molecule has 2 aromatic rings. The van der Waals surface area contributed by atoms with Crippen molar-refractivity contribution < 1.29 is 24.1 Å². The van der Waals surface area contributed by atoms with Crippen LogP contribution in [-0.4, -0.2) is 28.3 Å². The van der Waals surface area contributed by atoms with Crippen molar-refractivity contribution in [2.75, 3.05) is 6.54 Å². The molecule has 0 radical (unpaired) electrons. The van der Waals surface area contributed by atoms with E-state index >= 15 is 0 Å². The number of carbonyl (C=O) groups is 1. The van der Waals surface area contributed by atoms with Crippen LogP contribution < -0.4 is 10.1 Å². The Morgan fingerprint density at radius 2 is 1.79 bits per heavy atom. The van der Waals surface area contributed by atoms with Gasteiger partial charge >= 0.3 is 0 Å². The van der Waals surface area contributed by atoms with Crippen molar-refractivity contribution in [2.45, 2.75) is 25.9 Å². The number of amides is 1. The highest BCUT2D eigenvalue weighted by atomic mass is 19.1. The van der Waals surface area contributed by atoms with E-state index in [-0.39, 0.29) is 23.2 Å². The molecule has 24 heavy (non-hydrogen) atoms. The summed E-state index contributed by atoms with van der Waals surface area (Å²) in [4.78, 5) is 12.2. The molecule has 0 unspecified atom stereocenters. The summed E-state index contributed by atoms with van der Waals surface area (Å²) >= 11 is 0. The van der Waals surface area contributed by atoms with Gasteiger partial charge in [-0.05, 0) is 62.2 Å². The highest BCUT2D eigenvalue weighted by Crippen LogP contribution is 2.25. The minimum Gasteiger partial charge on any atom is -0.504 e. The third-order valence-corrected chi connectivity index (χ3v) is 3.47. The molecule has 0 saturated heterocycles. The van der Waals surface area contributed by atoms with Gasteiger partial charge in [-0.2, -0.15) is 0 Å². The number of nitrogens with one attached hydrogen (secondary N) is 1. The molecule has 0 spiro atoms. The fourth-order valence-electron chi connectivity index (χ4n) is 2.10. The van der Waals surface area contributed by atoms with Gasteiger partial charge in [-0.1, -0.05) is 6.07 Å². The number of halogens is 1. The van der Waals surface area contributed by atoms with Crippen molar-refractivity contribution in [3.8, 4) is 17.2 Å². The summed E-state index contributed by atoms with van der Waals surface area (Å²) in [6.07, 6.45) is 0.492. The Morgan fingerprint density at radius 1 is 1.12 bits per heavy atom. The van der Waals surface area contributed by atoms with Crippen molar-refractivity contribution in [3.63, 3.8) is 0 Å². The van der Waals surface area contributed by atoms with E-state index < -0.39 is 5.60 Å². The van der Waals surface area contributed by atoms with Crippen LogP contribution in [0.25, 0.3) is 0 Å². The summed E-state index contributed by atoms with van der Waals surface area (Å²) in [5, 5.41) is 21.5. The maximum Gasteiger partial charge on any atom is 0.263 e. The van der Waals surface area contributed by atoms with E-state index in [1.165, 1.54) is 36.4 Å². The molecule has 2 rings (SSSR count). The quantitative estimate of drug-likeness (QED) is 0.710.